The van der Waals surface area contributed by atoms with E-state index in [9.17, 15) is 5.11 Å². The number of rotatable bonds is 7. The second-order valence-corrected chi connectivity index (χ2v) is 5.88. The second kappa shape index (κ2) is 9.60. The minimum Gasteiger partial charge on any atom is -0.508 e. The van der Waals surface area contributed by atoms with Crippen molar-refractivity contribution in [3.63, 3.8) is 0 Å². The van der Waals surface area contributed by atoms with E-state index < -0.39 is 0 Å². The van der Waals surface area contributed by atoms with Gasteiger partial charge in [0, 0.05) is 25.6 Å². The van der Waals surface area contributed by atoms with E-state index in [4.69, 9.17) is 0 Å². The lowest BCUT2D eigenvalue weighted by atomic mass is 10.0. The van der Waals surface area contributed by atoms with Crippen molar-refractivity contribution >= 4 is 5.96 Å². The molecule has 24 heavy (non-hydrogen) atoms. The number of guanidine groups is 1. The monoisotopic (exact) mass is 325 g/mol. The van der Waals surface area contributed by atoms with Crippen LogP contribution in [0.25, 0.3) is 0 Å². The molecule has 0 radical (unpaired) electrons. The third kappa shape index (κ3) is 5.95. The van der Waals surface area contributed by atoms with E-state index in [1.807, 2.05) is 18.2 Å². The first-order chi connectivity index (χ1) is 11.7. The number of nitrogens with one attached hydrogen (secondary N) is 2. The molecule has 0 bridgehead atoms. The quantitative estimate of drug-likeness (QED) is 0.541. The zero-order valence-corrected chi connectivity index (χ0v) is 14.5. The van der Waals surface area contributed by atoms with Crippen LogP contribution in [-0.4, -0.2) is 30.7 Å². The summed E-state index contributed by atoms with van der Waals surface area (Å²) < 4.78 is 0. The lowest BCUT2D eigenvalue weighted by Gasteiger charge is -2.14. The molecule has 1 unspecified atom stereocenters. The van der Waals surface area contributed by atoms with Gasteiger partial charge in [0.25, 0.3) is 0 Å². The normalized spacial score (nSPS) is 12.7. The van der Waals surface area contributed by atoms with Crippen molar-refractivity contribution in [1.29, 1.82) is 0 Å². The lowest BCUT2D eigenvalue weighted by Crippen LogP contribution is -2.38. The van der Waals surface area contributed by atoms with Crippen LogP contribution in [0, 0.1) is 0 Å². The Morgan fingerprint density at radius 1 is 1.08 bits per heavy atom. The molecule has 2 aromatic rings. The van der Waals surface area contributed by atoms with Crippen molar-refractivity contribution < 1.29 is 5.11 Å². The molecule has 1 atom stereocenters. The molecular weight excluding hydrogens is 298 g/mol. The molecular formula is C20H27N3O. The number of phenolic OH excluding ortho intramolecular Hbond substituents is 1. The fraction of sp³-hybridized carbons (Fsp3) is 0.350. The van der Waals surface area contributed by atoms with Crippen molar-refractivity contribution in [3.8, 4) is 5.75 Å². The maximum atomic E-state index is 9.50. The second-order valence-electron chi connectivity index (χ2n) is 5.88. The largest absolute Gasteiger partial charge is 0.508 e. The van der Waals surface area contributed by atoms with Gasteiger partial charge in [-0.25, -0.2) is 0 Å². The summed E-state index contributed by atoms with van der Waals surface area (Å²) in [7, 11) is 0. The summed E-state index contributed by atoms with van der Waals surface area (Å²) >= 11 is 0. The summed E-state index contributed by atoms with van der Waals surface area (Å²) in [6.45, 7) is 6.60. The Kier molecular flexibility index (Phi) is 7.15. The van der Waals surface area contributed by atoms with E-state index in [0.717, 1.165) is 37.6 Å². The highest BCUT2D eigenvalue weighted by molar-refractivity contribution is 5.79. The van der Waals surface area contributed by atoms with Crippen LogP contribution in [0.2, 0.25) is 0 Å². The summed E-state index contributed by atoms with van der Waals surface area (Å²) in [6.07, 6.45) is 0.840. The van der Waals surface area contributed by atoms with Crippen LogP contribution in [0.15, 0.2) is 59.6 Å². The van der Waals surface area contributed by atoms with E-state index in [-0.39, 0.29) is 0 Å². The molecule has 0 aliphatic rings. The number of phenols is 1. The predicted octanol–water partition coefficient (Wildman–Crippen LogP) is 3.29. The van der Waals surface area contributed by atoms with Gasteiger partial charge in [0.2, 0.25) is 0 Å². The van der Waals surface area contributed by atoms with Crippen LogP contribution < -0.4 is 10.6 Å². The zero-order valence-electron chi connectivity index (χ0n) is 14.5. The Hall–Kier alpha value is -2.49. The molecule has 4 nitrogen and oxygen atoms in total. The molecule has 4 heteroatoms. The van der Waals surface area contributed by atoms with Crippen molar-refractivity contribution in [3.05, 3.63) is 65.7 Å². The zero-order chi connectivity index (χ0) is 17.2. The average molecular weight is 325 g/mol. The SMILES string of the molecule is CCNC(=NCC(C)c1ccccc1)NCCc1cccc(O)c1. The van der Waals surface area contributed by atoms with Gasteiger partial charge < -0.3 is 15.7 Å². The van der Waals surface area contributed by atoms with Gasteiger partial charge in [0.05, 0.1) is 0 Å². The van der Waals surface area contributed by atoms with Gasteiger partial charge in [0.1, 0.15) is 5.75 Å². The van der Waals surface area contributed by atoms with Crippen LogP contribution in [0.4, 0.5) is 0 Å². The molecule has 128 valence electrons. The number of aliphatic imine (C=N–C) groups is 1. The molecule has 0 aromatic heterocycles. The summed E-state index contributed by atoms with van der Waals surface area (Å²) in [6, 6.07) is 17.8. The highest BCUT2D eigenvalue weighted by Gasteiger charge is 2.05. The molecule has 2 aromatic carbocycles. The van der Waals surface area contributed by atoms with E-state index in [0.29, 0.717) is 11.7 Å². The summed E-state index contributed by atoms with van der Waals surface area (Å²) in [5, 5.41) is 16.1. The highest BCUT2D eigenvalue weighted by Crippen LogP contribution is 2.14. The standard InChI is InChI=1S/C20H27N3O/c1-3-21-20(22-13-12-17-8-7-11-19(24)14-17)23-15-16(2)18-9-5-4-6-10-18/h4-11,14,16,24H,3,12-13,15H2,1-2H3,(H2,21,22,23). The Morgan fingerprint density at radius 2 is 1.88 bits per heavy atom. The smallest absolute Gasteiger partial charge is 0.191 e. The van der Waals surface area contributed by atoms with Crippen LogP contribution in [0.3, 0.4) is 0 Å². The predicted molar refractivity (Wildman–Crippen MR) is 101 cm³/mol. The molecule has 0 heterocycles. The molecule has 3 N–H and O–H groups in total. The van der Waals surface area contributed by atoms with E-state index in [1.165, 1.54) is 5.56 Å². The van der Waals surface area contributed by atoms with Gasteiger partial charge in [-0.1, -0.05) is 49.4 Å². The molecule has 0 spiro atoms. The number of hydrogen-bond acceptors (Lipinski definition) is 2. The fourth-order valence-electron chi connectivity index (χ4n) is 2.49. The summed E-state index contributed by atoms with van der Waals surface area (Å²) in [5.41, 5.74) is 2.41. The lowest BCUT2D eigenvalue weighted by molar-refractivity contribution is 0.474. The Labute approximate surface area is 144 Å². The van der Waals surface area contributed by atoms with Gasteiger partial charge >= 0.3 is 0 Å². The van der Waals surface area contributed by atoms with Crippen molar-refractivity contribution in [1.82, 2.24) is 10.6 Å². The maximum Gasteiger partial charge on any atom is 0.191 e. The number of nitrogens with zero attached hydrogens (tertiary/aromatic N) is 1. The van der Waals surface area contributed by atoms with Gasteiger partial charge in [-0.15, -0.1) is 0 Å². The van der Waals surface area contributed by atoms with E-state index >= 15 is 0 Å². The first-order valence-electron chi connectivity index (χ1n) is 8.54. The maximum absolute atomic E-state index is 9.50. The van der Waals surface area contributed by atoms with Crippen molar-refractivity contribution in [2.45, 2.75) is 26.2 Å². The molecule has 0 aliphatic heterocycles. The minimum atomic E-state index is 0.310. The van der Waals surface area contributed by atoms with Crippen molar-refractivity contribution in [2.24, 2.45) is 4.99 Å². The van der Waals surface area contributed by atoms with Gasteiger partial charge in [-0.05, 0) is 36.6 Å². The average Bonchev–Trinajstić information content (AvgIpc) is 2.60. The Morgan fingerprint density at radius 3 is 2.58 bits per heavy atom. The van der Waals surface area contributed by atoms with Gasteiger partial charge in [-0.2, -0.15) is 0 Å². The third-order valence-electron chi connectivity index (χ3n) is 3.85. The first-order valence-corrected chi connectivity index (χ1v) is 8.54. The van der Waals surface area contributed by atoms with E-state index in [1.54, 1.807) is 12.1 Å². The van der Waals surface area contributed by atoms with Gasteiger partial charge in [-0.3, -0.25) is 4.99 Å². The molecule has 2 rings (SSSR count). The van der Waals surface area contributed by atoms with Crippen LogP contribution >= 0.6 is 0 Å². The molecule has 0 aliphatic carbocycles. The van der Waals surface area contributed by atoms with E-state index in [2.05, 4.69) is 53.7 Å². The van der Waals surface area contributed by atoms with Crippen LogP contribution in [-0.2, 0) is 6.42 Å². The number of benzene rings is 2. The third-order valence-corrected chi connectivity index (χ3v) is 3.85. The first kappa shape index (κ1) is 17.9. The molecule has 0 fully saturated rings. The van der Waals surface area contributed by atoms with Crippen LogP contribution in [0.5, 0.6) is 5.75 Å². The fourth-order valence-corrected chi connectivity index (χ4v) is 2.49. The topological polar surface area (TPSA) is 56.7 Å². The Balaban J connectivity index is 1.86. The number of aromatic hydroxyl groups is 1. The number of hydrogen-bond donors (Lipinski definition) is 3. The van der Waals surface area contributed by atoms with Crippen LogP contribution in [0.1, 0.15) is 30.9 Å². The highest BCUT2D eigenvalue weighted by atomic mass is 16.3. The summed E-state index contributed by atoms with van der Waals surface area (Å²) in [5.74, 6) is 1.53. The molecule has 0 amide bonds. The summed E-state index contributed by atoms with van der Waals surface area (Å²) in [4.78, 5) is 4.68. The molecule has 0 saturated heterocycles. The van der Waals surface area contributed by atoms with Crippen molar-refractivity contribution in [2.75, 3.05) is 19.6 Å². The Bertz CT molecular complexity index is 640. The van der Waals surface area contributed by atoms with Gasteiger partial charge in [0.15, 0.2) is 5.96 Å². The molecule has 0 saturated carbocycles. The minimum absolute atomic E-state index is 0.310.